The van der Waals surface area contributed by atoms with Crippen molar-refractivity contribution in [3.05, 3.63) is 28.0 Å². The lowest BCUT2D eigenvalue weighted by Gasteiger charge is -2.20. The van der Waals surface area contributed by atoms with Crippen molar-refractivity contribution in [3.63, 3.8) is 0 Å². The van der Waals surface area contributed by atoms with Gasteiger partial charge in [0.05, 0.1) is 11.0 Å². The first-order chi connectivity index (χ1) is 14.1. The molecule has 3 rings (SSSR count). The Bertz CT molecular complexity index is 1150. The van der Waals surface area contributed by atoms with Gasteiger partial charge in [0, 0.05) is 32.5 Å². The van der Waals surface area contributed by atoms with E-state index in [1.54, 1.807) is 0 Å². The van der Waals surface area contributed by atoms with E-state index in [1.807, 2.05) is 42.6 Å². The molecule has 0 unspecified atom stereocenters. The number of anilines is 1. The molecule has 0 radical (unpaired) electrons. The fraction of sp³-hybridized carbons (Fsp3) is 0.474. The van der Waals surface area contributed by atoms with Gasteiger partial charge in [0.2, 0.25) is 6.41 Å². The first-order valence-electron chi connectivity index (χ1n) is 9.73. The summed E-state index contributed by atoms with van der Waals surface area (Å²) in [6, 6.07) is 3.91. The summed E-state index contributed by atoms with van der Waals surface area (Å²) < 4.78 is 13.6. The Morgan fingerprint density at radius 2 is 1.87 bits per heavy atom. The van der Waals surface area contributed by atoms with Crippen molar-refractivity contribution >= 4 is 30.7 Å². The summed E-state index contributed by atoms with van der Waals surface area (Å²) in [5, 5.41) is 4.15. The van der Waals surface area contributed by atoms with Gasteiger partial charge in [0.1, 0.15) is 0 Å². The third-order valence-corrected chi connectivity index (χ3v) is 5.96. The van der Waals surface area contributed by atoms with Crippen molar-refractivity contribution in [2.75, 3.05) is 25.2 Å². The fourth-order valence-electron chi connectivity index (χ4n) is 3.61. The van der Waals surface area contributed by atoms with Crippen molar-refractivity contribution < 1.29 is 19.1 Å². The lowest BCUT2D eigenvalue weighted by molar-refractivity contribution is 0.370. The van der Waals surface area contributed by atoms with Crippen LogP contribution in [-0.2, 0) is 15.9 Å². The molecule has 0 fully saturated rings. The molecule has 2 aliphatic rings. The lowest BCUT2D eigenvalue weighted by Crippen LogP contribution is -2.17. The maximum absolute atomic E-state index is 12.4. The topological polar surface area (TPSA) is 131 Å². The maximum atomic E-state index is 12.4. The van der Waals surface area contributed by atoms with Crippen LogP contribution in [-0.4, -0.2) is 55.8 Å². The molecule has 0 aromatic heterocycles. The summed E-state index contributed by atoms with van der Waals surface area (Å²) in [5.74, 6) is 0.350. The molecule has 30 heavy (non-hydrogen) atoms. The first kappa shape index (κ1) is 22.1. The zero-order valence-electron chi connectivity index (χ0n) is 17.3. The molecule has 0 bridgehead atoms. The van der Waals surface area contributed by atoms with Crippen LogP contribution in [0.25, 0.3) is 22.6 Å². The molecule has 0 spiro atoms. The minimum Gasteiger partial charge on any atom is -0.377 e. The predicted octanol–water partition coefficient (Wildman–Crippen LogP) is 1.85. The van der Waals surface area contributed by atoms with Gasteiger partial charge in [0.25, 0.3) is 0 Å². The Morgan fingerprint density at radius 3 is 2.50 bits per heavy atom. The highest BCUT2D eigenvalue weighted by Gasteiger charge is 2.23. The minimum atomic E-state index is -3.96. The number of carbonyl (C=O) groups is 1. The van der Waals surface area contributed by atoms with Gasteiger partial charge in [-0.2, -0.15) is 4.68 Å². The number of unbranched alkanes of at least 4 members (excludes halogenated alkanes) is 3. The van der Waals surface area contributed by atoms with Crippen molar-refractivity contribution in [2.24, 2.45) is 0 Å². The second-order valence-electron chi connectivity index (χ2n) is 7.62. The number of rotatable bonds is 9. The number of fused-ring (bicyclic) bond motifs is 2. The maximum Gasteiger partial charge on any atom is 0.325 e. The van der Waals surface area contributed by atoms with E-state index in [1.165, 1.54) is 0 Å². The van der Waals surface area contributed by atoms with E-state index < -0.39 is 13.2 Å². The molecule has 10 nitrogen and oxygen atoms in total. The van der Waals surface area contributed by atoms with Gasteiger partial charge in [-0.05, 0) is 37.5 Å². The summed E-state index contributed by atoms with van der Waals surface area (Å²) in [5.41, 5.74) is 3.08. The van der Waals surface area contributed by atoms with Gasteiger partial charge >= 0.3 is 13.2 Å². The molecule has 0 atom stereocenters. The van der Waals surface area contributed by atoms with Crippen molar-refractivity contribution in [1.82, 2.24) is 19.3 Å². The average molecular weight is 435 g/mol. The predicted molar refractivity (Wildman–Crippen MR) is 115 cm³/mol. The molecule has 0 aliphatic carbocycles. The standard InChI is InChI=1S/C19H26N5O5P/c1-13-10-14-16(11-15(13)22(2)3)23(8-6-4-5-7-9-30(27,28)29)18-17(20-14)19(26)24(12-25)21-18/h10-12H,4-9H2,1-3H3,(H2,27,28,29). The Kier molecular flexibility index (Phi) is 6.40. The SMILES string of the molecule is Cc1cc2nc3c(=O)n(C=O)nc-3n(CCCCCCP(=O)(O)O)c2cc1N(C)C. The van der Waals surface area contributed by atoms with E-state index in [0.29, 0.717) is 37.1 Å². The number of hydrogen-bond donors (Lipinski definition) is 2. The van der Waals surface area contributed by atoms with Crippen molar-refractivity contribution in [2.45, 2.75) is 39.2 Å². The largest absolute Gasteiger partial charge is 0.377 e. The summed E-state index contributed by atoms with van der Waals surface area (Å²) in [6.45, 7) is 2.51. The van der Waals surface area contributed by atoms with E-state index in [4.69, 9.17) is 9.79 Å². The summed E-state index contributed by atoms with van der Waals surface area (Å²) in [7, 11) is -0.0687. The Balaban J connectivity index is 1.98. The summed E-state index contributed by atoms with van der Waals surface area (Å²) >= 11 is 0. The number of nitrogens with zero attached hydrogens (tertiary/aromatic N) is 5. The zero-order chi connectivity index (χ0) is 22.1. The molecule has 1 aromatic rings. The quantitative estimate of drug-likeness (QED) is 0.296. The highest BCUT2D eigenvalue weighted by Crippen LogP contribution is 2.35. The highest BCUT2D eigenvalue weighted by atomic mass is 31.2. The number of benzene rings is 1. The van der Waals surface area contributed by atoms with Gasteiger partial charge in [-0.15, -0.1) is 5.10 Å². The molecule has 0 saturated carbocycles. The zero-order valence-corrected chi connectivity index (χ0v) is 18.2. The van der Waals surface area contributed by atoms with Gasteiger partial charge in [-0.25, -0.2) is 4.98 Å². The minimum absolute atomic E-state index is 0.114. The van der Waals surface area contributed by atoms with Crippen LogP contribution in [0.4, 0.5) is 5.69 Å². The molecule has 0 saturated heterocycles. The Hall–Kier alpha value is -2.55. The summed E-state index contributed by atoms with van der Waals surface area (Å²) in [4.78, 5) is 48.0. The molecule has 0 amide bonds. The van der Waals surface area contributed by atoms with E-state index in [0.717, 1.165) is 34.3 Å². The van der Waals surface area contributed by atoms with Crippen LogP contribution in [0.15, 0.2) is 16.9 Å². The number of carbonyl (C=O) groups excluding carboxylic acids is 1. The molecule has 1 aromatic carbocycles. The van der Waals surface area contributed by atoms with Crippen LogP contribution in [0.1, 0.15) is 31.2 Å². The van der Waals surface area contributed by atoms with Gasteiger partial charge in [-0.1, -0.05) is 12.8 Å². The van der Waals surface area contributed by atoms with Crippen LogP contribution in [0.3, 0.4) is 0 Å². The molecule has 2 heterocycles. The average Bonchev–Trinajstić information content (AvgIpc) is 2.98. The van der Waals surface area contributed by atoms with Gasteiger partial charge < -0.3 is 19.3 Å². The van der Waals surface area contributed by atoms with E-state index in [9.17, 15) is 14.2 Å². The molecule has 2 aliphatic heterocycles. The Labute approximate surface area is 173 Å². The lowest BCUT2D eigenvalue weighted by atomic mass is 10.1. The molecule has 11 heteroatoms. The highest BCUT2D eigenvalue weighted by molar-refractivity contribution is 7.51. The van der Waals surface area contributed by atoms with Crippen LogP contribution in [0.2, 0.25) is 0 Å². The monoisotopic (exact) mass is 435 g/mol. The molecular formula is C19H26N5O5P. The number of aromatic nitrogens is 4. The van der Waals surface area contributed by atoms with Gasteiger partial charge in [-0.3, -0.25) is 14.2 Å². The van der Waals surface area contributed by atoms with Crippen molar-refractivity contribution in [3.8, 4) is 11.5 Å². The third kappa shape index (κ3) is 4.61. The summed E-state index contributed by atoms with van der Waals surface area (Å²) in [6.07, 6.45) is 2.90. The van der Waals surface area contributed by atoms with E-state index in [2.05, 4.69) is 10.1 Å². The second kappa shape index (κ2) is 8.67. The van der Waals surface area contributed by atoms with Crippen molar-refractivity contribution in [1.29, 1.82) is 0 Å². The van der Waals surface area contributed by atoms with E-state index >= 15 is 0 Å². The molecule has 162 valence electrons. The Morgan fingerprint density at radius 1 is 1.17 bits per heavy atom. The smallest absolute Gasteiger partial charge is 0.325 e. The number of aryl methyl sites for hydroxylation is 2. The first-order valence-corrected chi connectivity index (χ1v) is 11.5. The van der Waals surface area contributed by atoms with Crippen LogP contribution in [0.5, 0.6) is 0 Å². The fourth-order valence-corrected chi connectivity index (χ4v) is 4.25. The third-order valence-electron chi connectivity index (χ3n) is 5.06. The van der Waals surface area contributed by atoms with E-state index in [-0.39, 0.29) is 11.9 Å². The van der Waals surface area contributed by atoms with Gasteiger partial charge in [0.15, 0.2) is 11.5 Å². The van der Waals surface area contributed by atoms with Crippen LogP contribution in [0, 0.1) is 6.92 Å². The normalized spacial score (nSPS) is 12.0. The van der Waals surface area contributed by atoms with Crippen LogP contribution < -0.4 is 10.5 Å². The van der Waals surface area contributed by atoms with Crippen LogP contribution >= 0.6 is 7.60 Å². The molecular weight excluding hydrogens is 409 g/mol. The second-order valence-corrected chi connectivity index (χ2v) is 9.39. The number of hydrogen-bond acceptors (Lipinski definition) is 6. The molecule has 2 N–H and O–H groups in total.